The molecule has 2 aromatic rings. The van der Waals surface area contributed by atoms with E-state index in [9.17, 15) is 9.59 Å². The van der Waals surface area contributed by atoms with Crippen molar-refractivity contribution in [3.8, 4) is 0 Å². The molecule has 0 bridgehead atoms. The first-order valence-electron chi connectivity index (χ1n) is 7.86. The number of aryl methyl sites for hydroxylation is 1. The highest BCUT2D eigenvalue weighted by atomic mass is 16.2. The van der Waals surface area contributed by atoms with Gasteiger partial charge in [-0.25, -0.2) is 4.79 Å². The van der Waals surface area contributed by atoms with Crippen molar-refractivity contribution in [3.63, 3.8) is 0 Å². The predicted molar refractivity (Wildman–Crippen MR) is 90.2 cm³/mol. The van der Waals surface area contributed by atoms with Crippen molar-refractivity contribution in [2.24, 2.45) is 7.05 Å². The summed E-state index contributed by atoms with van der Waals surface area (Å²) in [6.45, 7) is 9.76. The van der Waals surface area contributed by atoms with Gasteiger partial charge >= 0.3 is 5.69 Å². The summed E-state index contributed by atoms with van der Waals surface area (Å²) in [5.74, 6) is 0.724. The summed E-state index contributed by atoms with van der Waals surface area (Å²) in [5, 5.41) is 3.30. The molecule has 1 fully saturated rings. The number of aromatic nitrogens is 4. The van der Waals surface area contributed by atoms with Crippen molar-refractivity contribution in [3.05, 3.63) is 33.5 Å². The fourth-order valence-electron chi connectivity index (χ4n) is 3.05. The van der Waals surface area contributed by atoms with Crippen LogP contribution in [0.4, 0.5) is 5.95 Å². The Bertz CT molecular complexity index is 853. The third-order valence-electron chi connectivity index (χ3n) is 4.24. The molecule has 0 aliphatic carbocycles. The Morgan fingerprint density at radius 1 is 1.26 bits per heavy atom. The van der Waals surface area contributed by atoms with E-state index in [1.165, 1.54) is 9.13 Å². The van der Waals surface area contributed by atoms with Gasteiger partial charge in [0.2, 0.25) is 5.95 Å². The zero-order valence-electron chi connectivity index (χ0n) is 13.6. The van der Waals surface area contributed by atoms with Gasteiger partial charge in [-0.2, -0.15) is 4.98 Å². The van der Waals surface area contributed by atoms with Crippen LogP contribution in [0.5, 0.6) is 0 Å². The Labute approximate surface area is 133 Å². The van der Waals surface area contributed by atoms with Crippen molar-refractivity contribution in [2.75, 3.05) is 31.1 Å². The fraction of sp³-hybridized carbons (Fsp3) is 0.533. The Morgan fingerprint density at radius 2 is 1.96 bits per heavy atom. The van der Waals surface area contributed by atoms with Crippen LogP contribution >= 0.6 is 0 Å². The first-order chi connectivity index (χ1) is 11.1. The van der Waals surface area contributed by atoms with Crippen LogP contribution in [-0.4, -0.2) is 44.9 Å². The molecule has 8 heteroatoms. The van der Waals surface area contributed by atoms with Gasteiger partial charge in [-0.05, 0) is 6.92 Å². The Kier molecular flexibility index (Phi) is 4.08. The van der Waals surface area contributed by atoms with E-state index < -0.39 is 0 Å². The van der Waals surface area contributed by atoms with E-state index in [0.29, 0.717) is 24.3 Å². The van der Waals surface area contributed by atoms with E-state index in [1.807, 2.05) is 4.57 Å². The fourth-order valence-corrected chi connectivity index (χ4v) is 3.05. The maximum atomic E-state index is 12.7. The molecule has 0 amide bonds. The standard InChI is InChI=1S/C15H22N6O2/c1-4-8-21-11-12(17-14(21)19-9-6-16-7-10-19)18(3)15(23)20(5-2)13(11)22/h4,16H,1,5-10H2,2-3H3. The molecule has 1 saturated heterocycles. The number of allylic oxidation sites excluding steroid dienone is 1. The molecule has 2 aromatic heterocycles. The minimum absolute atomic E-state index is 0.290. The number of piperazine rings is 1. The lowest BCUT2D eigenvalue weighted by Gasteiger charge is -2.28. The SMILES string of the molecule is C=CCn1c(N2CCNCC2)nc2c1c(=O)n(CC)c(=O)n2C. The molecular formula is C15H22N6O2. The third kappa shape index (κ3) is 2.39. The van der Waals surface area contributed by atoms with Crippen LogP contribution in [0.2, 0.25) is 0 Å². The normalized spacial score (nSPS) is 15.3. The number of anilines is 1. The Hall–Kier alpha value is -2.35. The van der Waals surface area contributed by atoms with E-state index >= 15 is 0 Å². The van der Waals surface area contributed by atoms with Crippen LogP contribution < -0.4 is 21.5 Å². The van der Waals surface area contributed by atoms with E-state index in [4.69, 9.17) is 0 Å². The lowest BCUT2D eigenvalue weighted by molar-refractivity contribution is 0.572. The number of hydrogen-bond acceptors (Lipinski definition) is 5. The summed E-state index contributed by atoms with van der Waals surface area (Å²) in [4.78, 5) is 31.8. The van der Waals surface area contributed by atoms with E-state index in [1.54, 1.807) is 20.0 Å². The molecular weight excluding hydrogens is 296 g/mol. The maximum Gasteiger partial charge on any atom is 0.332 e. The topological polar surface area (TPSA) is 77.1 Å². The summed E-state index contributed by atoms with van der Waals surface area (Å²) >= 11 is 0. The number of imidazole rings is 1. The number of hydrogen-bond donors (Lipinski definition) is 1. The zero-order chi connectivity index (χ0) is 16.6. The highest BCUT2D eigenvalue weighted by Crippen LogP contribution is 2.20. The summed E-state index contributed by atoms with van der Waals surface area (Å²) in [5.41, 5.74) is 0.268. The molecule has 1 aliphatic heterocycles. The monoisotopic (exact) mass is 318 g/mol. The number of nitrogens with one attached hydrogen (secondary N) is 1. The van der Waals surface area contributed by atoms with E-state index in [0.717, 1.165) is 32.1 Å². The van der Waals surface area contributed by atoms with Crippen LogP contribution in [0.15, 0.2) is 22.2 Å². The first-order valence-corrected chi connectivity index (χ1v) is 7.86. The van der Waals surface area contributed by atoms with Crippen LogP contribution in [0.1, 0.15) is 6.92 Å². The van der Waals surface area contributed by atoms with Crippen molar-refractivity contribution >= 4 is 17.1 Å². The maximum absolute atomic E-state index is 12.7. The molecule has 0 atom stereocenters. The van der Waals surface area contributed by atoms with Crippen molar-refractivity contribution < 1.29 is 0 Å². The average Bonchev–Trinajstić information content (AvgIpc) is 2.94. The van der Waals surface area contributed by atoms with Gasteiger partial charge in [-0.3, -0.25) is 13.9 Å². The quantitative estimate of drug-likeness (QED) is 0.770. The molecule has 0 radical (unpaired) electrons. The smallest absolute Gasteiger partial charge is 0.332 e. The summed E-state index contributed by atoms with van der Waals surface area (Å²) in [6.07, 6.45) is 1.74. The van der Waals surface area contributed by atoms with Gasteiger partial charge in [0.25, 0.3) is 5.56 Å². The first kappa shape index (κ1) is 15.5. The largest absolute Gasteiger partial charge is 0.340 e. The van der Waals surface area contributed by atoms with Gasteiger partial charge in [0, 0.05) is 46.3 Å². The van der Waals surface area contributed by atoms with Gasteiger partial charge in [0.05, 0.1) is 0 Å². The number of nitrogens with zero attached hydrogens (tertiary/aromatic N) is 5. The molecule has 8 nitrogen and oxygen atoms in total. The van der Waals surface area contributed by atoms with Crippen LogP contribution in [0.25, 0.3) is 11.2 Å². The highest BCUT2D eigenvalue weighted by Gasteiger charge is 2.23. The molecule has 0 aromatic carbocycles. The molecule has 124 valence electrons. The second-order valence-corrected chi connectivity index (χ2v) is 5.61. The molecule has 0 unspecified atom stereocenters. The summed E-state index contributed by atoms with van der Waals surface area (Å²) in [6, 6.07) is 0. The predicted octanol–water partition coefficient (Wildman–Crippen LogP) is -0.488. The van der Waals surface area contributed by atoms with Gasteiger partial charge in [0.1, 0.15) is 0 Å². The zero-order valence-corrected chi connectivity index (χ0v) is 13.6. The lowest BCUT2D eigenvalue weighted by atomic mass is 10.4. The second kappa shape index (κ2) is 6.04. The Balaban J connectivity index is 2.34. The molecule has 3 rings (SSSR count). The van der Waals surface area contributed by atoms with Gasteiger partial charge < -0.3 is 14.8 Å². The molecule has 1 aliphatic rings. The minimum atomic E-state index is -0.333. The van der Waals surface area contributed by atoms with Crippen molar-refractivity contribution in [2.45, 2.75) is 20.0 Å². The third-order valence-corrected chi connectivity index (χ3v) is 4.24. The van der Waals surface area contributed by atoms with Crippen LogP contribution in [0.3, 0.4) is 0 Å². The van der Waals surface area contributed by atoms with E-state index in [-0.39, 0.29) is 11.2 Å². The lowest BCUT2D eigenvalue weighted by Crippen LogP contribution is -2.44. The molecule has 0 spiro atoms. The summed E-state index contributed by atoms with van der Waals surface area (Å²) in [7, 11) is 1.66. The minimum Gasteiger partial charge on any atom is -0.340 e. The highest BCUT2D eigenvalue weighted by molar-refractivity contribution is 5.74. The van der Waals surface area contributed by atoms with Gasteiger partial charge in [-0.1, -0.05) is 6.08 Å². The molecule has 3 heterocycles. The Morgan fingerprint density at radius 3 is 2.57 bits per heavy atom. The summed E-state index contributed by atoms with van der Waals surface area (Å²) < 4.78 is 4.55. The van der Waals surface area contributed by atoms with E-state index in [2.05, 4.69) is 21.8 Å². The second-order valence-electron chi connectivity index (χ2n) is 5.61. The molecule has 1 N–H and O–H groups in total. The van der Waals surface area contributed by atoms with Crippen LogP contribution in [-0.2, 0) is 20.1 Å². The van der Waals surface area contributed by atoms with Gasteiger partial charge in [0.15, 0.2) is 11.2 Å². The molecule has 23 heavy (non-hydrogen) atoms. The van der Waals surface area contributed by atoms with Gasteiger partial charge in [-0.15, -0.1) is 6.58 Å². The molecule has 0 saturated carbocycles. The van der Waals surface area contributed by atoms with Crippen molar-refractivity contribution in [1.82, 2.24) is 24.0 Å². The average molecular weight is 318 g/mol. The van der Waals surface area contributed by atoms with Crippen molar-refractivity contribution in [1.29, 1.82) is 0 Å². The number of fused-ring (bicyclic) bond motifs is 1. The number of rotatable bonds is 4. The van der Waals surface area contributed by atoms with Crippen LogP contribution in [0, 0.1) is 0 Å².